The third-order valence-corrected chi connectivity index (χ3v) is 3.42. The summed E-state index contributed by atoms with van der Waals surface area (Å²) >= 11 is 0. The fourth-order valence-corrected chi connectivity index (χ4v) is 2.18. The van der Waals surface area contributed by atoms with Crippen LogP contribution in [0.1, 0.15) is 10.5 Å². The van der Waals surface area contributed by atoms with Crippen molar-refractivity contribution in [2.24, 2.45) is 0 Å². The van der Waals surface area contributed by atoms with Crippen LogP contribution in [0.4, 0.5) is 26.1 Å². The lowest BCUT2D eigenvalue weighted by molar-refractivity contribution is 0.102. The number of benzene rings is 2. The zero-order chi connectivity index (χ0) is 18.5. The third-order valence-electron chi connectivity index (χ3n) is 3.42. The van der Waals surface area contributed by atoms with Crippen molar-refractivity contribution in [2.45, 2.75) is 0 Å². The number of carbonyl (C=O) groups excluding carboxylic acids is 1. The largest absolute Gasteiger partial charge is 0.495 e. The summed E-state index contributed by atoms with van der Waals surface area (Å²) in [4.78, 5) is 20.4. The molecule has 0 saturated heterocycles. The molecule has 3 aromatic rings. The first-order chi connectivity index (χ1) is 12.6. The highest BCUT2D eigenvalue weighted by atomic mass is 19.2. The van der Waals surface area contributed by atoms with Gasteiger partial charge in [-0.3, -0.25) is 4.79 Å². The summed E-state index contributed by atoms with van der Waals surface area (Å²) in [6, 6.07) is 11.7. The van der Waals surface area contributed by atoms with E-state index in [2.05, 4.69) is 20.6 Å². The fraction of sp³-hybridized carbons (Fsp3) is 0.0556. The van der Waals surface area contributed by atoms with Crippen LogP contribution in [0.15, 0.2) is 54.7 Å². The zero-order valence-electron chi connectivity index (χ0n) is 13.7. The van der Waals surface area contributed by atoms with E-state index in [0.29, 0.717) is 11.4 Å². The van der Waals surface area contributed by atoms with Gasteiger partial charge in [-0.2, -0.15) is 0 Å². The second-order valence-corrected chi connectivity index (χ2v) is 5.17. The van der Waals surface area contributed by atoms with Gasteiger partial charge >= 0.3 is 0 Å². The molecular formula is C18H14F2N4O2. The Morgan fingerprint density at radius 2 is 1.88 bits per heavy atom. The molecule has 1 aromatic heterocycles. The van der Waals surface area contributed by atoms with Gasteiger partial charge in [0.15, 0.2) is 11.6 Å². The lowest BCUT2D eigenvalue weighted by Gasteiger charge is -2.10. The summed E-state index contributed by atoms with van der Waals surface area (Å²) in [5.41, 5.74) is 0.843. The van der Waals surface area contributed by atoms with E-state index in [-0.39, 0.29) is 17.3 Å². The molecule has 26 heavy (non-hydrogen) atoms. The van der Waals surface area contributed by atoms with Crippen LogP contribution in [0.2, 0.25) is 0 Å². The van der Waals surface area contributed by atoms with Gasteiger partial charge in [0.2, 0.25) is 5.95 Å². The summed E-state index contributed by atoms with van der Waals surface area (Å²) in [7, 11) is 1.50. The predicted molar refractivity (Wildman–Crippen MR) is 92.6 cm³/mol. The minimum absolute atomic E-state index is 0.0729. The number of aromatic nitrogens is 2. The van der Waals surface area contributed by atoms with Crippen LogP contribution in [0.3, 0.4) is 0 Å². The molecule has 2 N–H and O–H groups in total. The molecule has 2 aromatic carbocycles. The molecule has 0 atom stereocenters. The highest BCUT2D eigenvalue weighted by molar-refractivity contribution is 6.03. The zero-order valence-corrected chi connectivity index (χ0v) is 13.7. The number of hydrogen-bond acceptors (Lipinski definition) is 5. The van der Waals surface area contributed by atoms with Gasteiger partial charge in [-0.15, -0.1) is 0 Å². The number of nitrogens with one attached hydrogen (secondary N) is 2. The van der Waals surface area contributed by atoms with Gasteiger partial charge in [0, 0.05) is 18.0 Å². The Labute approximate surface area is 147 Å². The molecule has 3 rings (SSSR count). The molecule has 8 heteroatoms. The maximum absolute atomic E-state index is 13.3. The number of anilines is 3. The Hall–Kier alpha value is -3.55. The molecule has 0 aliphatic rings. The van der Waals surface area contributed by atoms with Gasteiger partial charge in [-0.25, -0.2) is 18.7 Å². The standard InChI is InChI=1S/C18H14F2N4O2/c1-26-16-5-3-2-4-14(16)23-17(25)15-8-9-21-18(24-15)22-11-6-7-12(19)13(20)10-11/h2-10H,1H3,(H,23,25)(H,21,22,24). The predicted octanol–water partition coefficient (Wildman–Crippen LogP) is 3.76. The molecule has 0 spiro atoms. The van der Waals surface area contributed by atoms with Crippen molar-refractivity contribution in [3.63, 3.8) is 0 Å². The van der Waals surface area contributed by atoms with Gasteiger partial charge in [-0.05, 0) is 30.3 Å². The Morgan fingerprint density at radius 3 is 2.65 bits per heavy atom. The maximum Gasteiger partial charge on any atom is 0.274 e. The van der Waals surface area contributed by atoms with E-state index in [1.165, 1.54) is 25.4 Å². The monoisotopic (exact) mass is 356 g/mol. The van der Waals surface area contributed by atoms with Crippen molar-refractivity contribution in [1.29, 1.82) is 0 Å². The van der Waals surface area contributed by atoms with Crippen LogP contribution in [-0.2, 0) is 0 Å². The molecule has 0 radical (unpaired) electrons. The quantitative estimate of drug-likeness (QED) is 0.728. The van der Waals surface area contributed by atoms with E-state index in [1.54, 1.807) is 24.3 Å². The van der Waals surface area contributed by atoms with Crippen LogP contribution in [0.5, 0.6) is 5.75 Å². The average molecular weight is 356 g/mol. The number of nitrogens with zero attached hydrogens (tertiary/aromatic N) is 2. The number of amides is 1. The van der Waals surface area contributed by atoms with Gasteiger partial charge in [-0.1, -0.05) is 12.1 Å². The first kappa shape index (κ1) is 17.3. The highest BCUT2D eigenvalue weighted by Gasteiger charge is 2.12. The SMILES string of the molecule is COc1ccccc1NC(=O)c1ccnc(Nc2ccc(F)c(F)c2)n1. The molecule has 132 valence electrons. The van der Waals surface area contributed by atoms with Crippen LogP contribution in [0.25, 0.3) is 0 Å². The van der Waals surface area contributed by atoms with E-state index >= 15 is 0 Å². The Bertz CT molecular complexity index is 950. The molecule has 1 heterocycles. The van der Waals surface area contributed by atoms with E-state index < -0.39 is 17.5 Å². The molecular weight excluding hydrogens is 342 g/mol. The number of ether oxygens (including phenoxy) is 1. The summed E-state index contributed by atoms with van der Waals surface area (Å²) in [6.07, 6.45) is 1.38. The molecule has 0 bridgehead atoms. The van der Waals surface area contributed by atoms with E-state index in [4.69, 9.17) is 4.74 Å². The summed E-state index contributed by atoms with van der Waals surface area (Å²) < 4.78 is 31.4. The number of carbonyl (C=O) groups is 1. The van der Waals surface area contributed by atoms with Crippen LogP contribution >= 0.6 is 0 Å². The van der Waals surface area contributed by atoms with Crippen molar-refractivity contribution in [1.82, 2.24) is 9.97 Å². The third kappa shape index (κ3) is 3.92. The first-order valence-electron chi connectivity index (χ1n) is 7.56. The minimum atomic E-state index is -1.000. The normalized spacial score (nSPS) is 10.3. The lowest BCUT2D eigenvalue weighted by atomic mass is 10.2. The first-order valence-corrected chi connectivity index (χ1v) is 7.56. The molecule has 0 aliphatic carbocycles. The van der Waals surface area contributed by atoms with Gasteiger partial charge < -0.3 is 15.4 Å². The van der Waals surface area contributed by atoms with E-state index in [9.17, 15) is 13.6 Å². The second kappa shape index (κ2) is 7.56. The van der Waals surface area contributed by atoms with Crippen molar-refractivity contribution in [3.8, 4) is 5.75 Å². The van der Waals surface area contributed by atoms with Gasteiger partial charge in [0.05, 0.1) is 12.8 Å². The number of hydrogen-bond donors (Lipinski definition) is 2. The van der Waals surface area contributed by atoms with Crippen LogP contribution < -0.4 is 15.4 Å². The lowest BCUT2D eigenvalue weighted by Crippen LogP contribution is -2.15. The minimum Gasteiger partial charge on any atom is -0.495 e. The molecule has 6 nitrogen and oxygen atoms in total. The van der Waals surface area contributed by atoms with Crippen LogP contribution in [-0.4, -0.2) is 23.0 Å². The number of halogens is 2. The average Bonchev–Trinajstić information content (AvgIpc) is 2.65. The van der Waals surface area contributed by atoms with Gasteiger partial charge in [0.1, 0.15) is 11.4 Å². The van der Waals surface area contributed by atoms with Crippen molar-refractivity contribution < 1.29 is 18.3 Å². The summed E-state index contributed by atoms with van der Waals surface area (Å²) in [6.45, 7) is 0. The van der Waals surface area contributed by atoms with Crippen LogP contribution in [0, 0.1) is 11.6 Å². The molecule has 1 amide bonds. The van der Waals surface area contributed by atoms with E-state index in [0.717, 1.165) is 12.1 Å². The Balaban J connectivity index is 1.78. The Morgan fingerprint density at radius 1 is 1.08 bits per heavy atom. The molecule has 0 unspecified atom stereocenters. The molecule has 0 fully saturated rings. The van der Waals surface area contributed by atoms with Crippen molar-refractivity contribution >= 4 is 23.2 Å². The fourth-order valence-electron chi connectivity index (χ4n) is 2.18. The summed E-state index contributed by atoms with van der Waals surface area (Å²) in [5.74, 6) is -1.84. The number of para-hydroxylation sites is 2. The van der Waals surface area contributed by atoms with Gasteiger partial charge in [0.25, 0.3) is 5.91 Å². The number of methoxy groups -OCH3 is 1. The topological polar surface area (TPSA) is 76.1 Å². The molecule has 0 saturated carbocycles. The van der Waals surface area contributed by atoms with Crippen molar-refractivity contribution in [3.05, 3.63) is 72.1 Å². The van der Waals surface area contributed by atoms with E-state index in [1.807, 2.05) is 0 Å². The van der Waals surface area contributed by atoms with Crippen molar-refractivity contribution in [2.75, 3.05) is 17.7 Å². The Kier molecular flexibility index (Phi) is 5.02. The number of rotatable bonds is 5. The maximum atomic E-state index is 13.3. The smallest absolute Gasteiger partial charge is 0.274 e. The summed E-state index contributed by atoms with van der Waals surface area (Å²) in [5, 5.41) is 5.41. The molecule has 0 aliphatic heterocycles. The second-order valence-electron chi connectivity index (χ2n) is 5.17. The highest BCUT2D eigenvalue weighted by Crippen LogP contribution is 2.23.